The summed E-state index contributed by atoms with van der Waals surface area (Å²) in [5, 5.41) is 0. The number of halogens is 1. The number of nitrogens with two attached hydrogens (primary N) is 1. The summed E-state index contributed by atoms with van der Waals surface area (Å²) < 4.78 is 41.2. The quantitative estimate of drug-likeness (QED) is 0.878. The first-order chi connectivity index (χ1) is 8.88. The van der Waals surface area contributed by atoms with Crippen LogP contribution in [0, 0.1) is 5.82 Å². The van der Waals surface area contributed by atoms with E-state index in [1.54, 1.807) is 6.07 Å². The van der Waals surface area contributed by atoms with E-state index in [1.807, 2.05) is 0 Å². The molecule has 0 radical (unpaired) electrons. The average Bonchev–Trinajstić information content (AvgIpc) is 2.33. The lowest BCUT2D eigenvalue weighted by Gasteiger charge is -2.11. The van der Waals surface area contributed by atoms with Gasteiger partial charge in [-0.25, -0.2) is 12.8 Å². The fourth-order valence-corrected chi connectivity index (χ4v) is 2.39. The van der Waals surface area contributed by atoms with Crippen LogP contribution in [0.2, 0.25) is 0 Å². The molecular formula is C13H12FNO3S. The van der Waals surface area contributed by atoms with Crippen LogP contribution in [0.1, 0.15) is 0 Å². The summed E-state index contributed by atoms with van der Waals surface area (Å²) in [6, 6.07) is 9.84. The summed E-state index contributed by atoms with van der Waals surface area (Å²) in [6.07, 6.45) is 1.07. The Bertz CT molecular complexity index is 696. The molecule has 0 atom stereocenters. The molecule has 0 aromatic heterocycles. The molecule has 100 valence electrons. The summed E-state index contributed by atoms with van der Waals surface area (Å²) in [7, 11) is -3.42. The van der Waals surface area contributed by atoms with Gasteiger partial charge >= 0.3 is 0 Å². The van der Waals surface area contributed by atoms with Crippen molar-refractivity contribution in [2.75, 3.05) is 12.0 Å². The Balaban J connectivity index is 2.39. The van der Waals surface area contributed by atoms with E-state index in [0.717, 1.165) is 6.26 Å². The highest BCUT2D eigenvalue weighted by Gasteiger charge is 2.15. The number of nitrogen functional groups attached to an aromatic ring is 1. The lowest BCUT2D eigenvalue weighted by molar-refractivity contribution is 0.481. The van der Waals surface area contributed by atoms with Crippen LogP contribution in [0.4, 0.5) is 10.1 Å². The van der Waals surface area contributed by atoms with Gasteiger partial charge in [0.05, 0.1) is 10.6 Å². The summed E-state index contributed by atoms with van der Waals surface area (Å²) in [4.78, 5) is 0.00658. The standard InChI is InChI=1S/C13H12FNO3S/c1-19(16,17)12-4-2-3-11(13(12)15)18-10-7-5-9(14)6-8-10/h2-8H,15H2,1H3. The summed E-state index contributed by atoms with van der Waals surface area (Å²) in [5.41, 5.74) is 5.81. The minimum Gasteiger partial charge on any atom is -0.455 e. The molecule has 0 unspecified atom stereocenters. The molecule has 0 fully saturated rings. The first kappa shape index (κ1) is 13.4. The number of rotatable bonds is 3. The molecule has 0 amide bonds. The molecule has 6 heteroatoms. The number of sulfone groups is 1. The van der Waals surface area contributed by atoms with Gasteiger partial charge in [-0.2, -0.15) is 0 Å². The fourth-order valence-electron chi connectivity index (χ4n) is 1.57. The average molecular weight is 281 g/mol. The van der Waals surface area contributed by atoms with E-state index < -0.39 is 9.84 Å². The molecule has 4 nitrogen and oxygen atoms in total. The molecule has 19 heavy (non-hydrogen) atoms. The SMILES string of the molecule is CS(=O)(=O)c1cccc(Oc2ccc(F)cc2)c1N. The molecule has 2 N–H and O–H groups in total. The molecular weight excluding hydrogens is 269 g/mol. The third kappa shape index (κ3) is 3.03. The minimum absolute atomic E-state index is 0.00658. The van der Waals surface area contributed by atoms with Crippen molar-refractivity contribution in [3.05, 3.63) is 48.3 Å². The molecule has 0 saturated heterocycles. The van der Waals surface area contributed by atoms with Crippen LogP contribution in [0.25, 0.3) is 0 Å². The van der Waals surface area contributed by atoms with Crippen molar-refractivity contribution in [3.63, 3.8) is 0 Å². The Morgan fingerprint density at radius 3 is 2.32 bits per heavy atom. The van der Waals surface area contributed by atoms with Crippen molar-refractivity contribution in [1.29, 1.82) is 0 Å². The summed E-state index contributed by atoms with van der Waals surface area (Å²) >= 11 is 0. The molecule has 2 rings (SSSR count). The maximum Gasteiger partial charge on any atom is 0.177 e. The van der Waals surface area contributed by atoms with E-state index in [4.69, 9.17) is 10.5 Å². The minimum atomic E-state index is -3.42. The van der Waals surface area contributed by atoms with E-state index in [0.29, 0.717) is 5.75 Å². The first-order valence-electron chi connectivity index (χ1n) is 5.40. The predicted molar refractivity (Wildman–Crippen MR) is 70.4 cm³/mol. The van der Waals surface area contributed by atoms with Gasteiger partial charge in [0, 0.05) is 6.26 Å². The van der Waals surface area contributed by atoms with Gasteiger partial charge in [0.2, 0.25) is 0 Å². The van der Waals surface area contributed by atoms with Crippen LogP contribution in [0.15, 0.2) is 47.4 Å². The predicted octanol–water partition coefficient (Wildman–Crippen LogP) is 2.60. The smallest absolute Gasteiger partial charge is 0.177 e. The van der Waals surface area contributed by atoms with Crippen molar-refractivity contribution in [2.45, 2.75) is 4.90 Å². The monoisotopic (exact) mass is 281 g/mol. The van der Waals surface area contributed by atoms with Gasteiger partial charge in [0.25, 0.3) is 0 Å². The van der Waals surface area contributed by atoms with Crippen molar-refractivity contribution in [1.82, 2.24) is 0 Å². The van der Waals surface area contributed by atoms with Gasteiger partial charge < -0.3 is 10.5 Å². The van der Waals surface area contributed by atoms with Gasteiger partial charge in [0.15, 0.2) is 15.6 Å². The summed E-state index contributed by atoms with van der Waals surface area (Å²) in [6.45, 7) is 0. The zero-order valence-electron chi connectivity index (χ0n) is 10.1. The lowest BCUT2D eigenvalue weighted by atomic mass is 10.3. The second-order valence-electron chi connectivity index (χ2n) is 4.00. The van der Waals surface area contributed by atoms with E-state index in [2.05, 4.69) is 0 Å². The molecule has 0 bridgehead atoms. The van der Waals surface area contributed by atoms with Crippen LogP contribution in [-0.4, -0.2) is 14.7 Å². The Kier molecular flexibility index (Phi) is 3.44. The van der Waals surface area contributed by atoms with Crippen LogP contribution < -0.4 is 10.5 Å². The van der Waals surface area contributed by atoms with Gasteiger partial charge in [-0.15, -0.1) is 0 Å². The van der Waals surface area contributed by atoms with Crippen LogP contribution in [-0.2, 0) is 9.84 Å². The largest absolute Gasteiger partial charge is 0.455 e. The van der Waals surface area contributed by atoms with E-state index in [1.165, 1.54) is 36.4 Å². The normalized spacial score (nSPS) is 11.3. The van der Waals surface area contributed by atoms with Crippen LogP contribution in [0.5, 0.6) is 11.5 Å². The van der Waals surface area contributed by atoms with Gasteiger partial charge in [-0.1, -0.05) is 6.07 Å². The third-order valence-corrected chi connectivity index (χ3v) is 3.62. The van der Waals surface area contributed by atoms with Gasteiger partial charge in [0.1, 0.15) is 11.6 Å². The second-order valence-corrected chi connectivity index (χ2v) is 5.98. The van der Waals surface area contributed by atoms with Gasteiger partial charge in [-0.05, 0) is 36.4 Å². The number of ether oxygens (including phenoxy) is 1. The van der Waals surface area contributed by atoms with Crippen molar-refractivity contribution in [3.8, 4) is 11.5 Å². The van der Waals surface area contributed by atoms with Crippen LogP contribution in [0.3, 0.4) is 0 Å². The molecule has 0 aliphatic heterocycles. The fraction of sp³-hybridized carbons (Fsp3) is 0.0769. The molecule has 0 saturated carbocycles. The maximum absolute atomic E-state index is 12.8. The Morgan fingerprint density at radius 1 is 1.11 bits per heavy atom. The second kappa shape index (κ2) is 4.89. The molecule has 0 spiro atoms. The van der Waals surface area contributed by atoms with Crippen molar-refractivity contribution in [2.24, 2.45) is 0 Å². The Labute approximate surface area is 110 Å². The lowest BCUT2D eigenvalue weighted by Crippen LogP contribution is -2.03. The maximum atomic E-state index is 12.8. The highest BCUT2D eigenvalue weighted by atomic mass is 32.2. The van der Waals surface area contributed by atoms with E-state index in [9.17, 15) is 12.8 Å². The number of hydrogen-bond donors (Lipinski definition) is 1. The zero-order valence-corrected chi connectivity index (χ0v) is 10.9. The number of hydrogen-bond acceptors (Lipinski definition) is 4. The third-order valence-electron chi connectivity index (χ3n) is 2.47. The highest BCUT2D eigenvalue weighted by molar-refractivity contribution is 7.90. The number of anilines is 1. The van der Waals surface area contributed by atoms with E-state index >= 15 is 0 Å². The molecule has 2 aromatic carbocycles. The zero-order chi connectivity index (χ0) is 14.0. The Hall–Kier alpha value is -2.08. The topological polar surface area (TPSA) is 69.4 Å². The first-order valence-corrected chi connectivity index (χ1v) is 7.29. The van der Waals surface area contributed by atoms with Crippen molar-refractivity contribution < 1.29 is 17.5 Å². The molecule has 0 aliphatic carbocycles. The molecule has 0 aliphatic rings. The highest BCUT2D eigenvalue weighted by Crippen LogP contribution is 2.32. The number of benzene rings is 2. The van der Waals surface area contributed by atoms with Crippen molar-refractivity contribution >= 4 is 15.5 Å². The van der Waals surface area contributed by atoms with E-state index in [-0.39, 0.29) is 22.1 Å². The molecule has 2 aromatic rings. The van der Waals surface area contributed by atoms with Gasteiger partial charge in [-0.3, -0.25) is 0 Å². The molecule has 0 heterocycles. The number of para-hydroxylation sites is 1. The summed E-state index contributed by atoms with van der Waals surface area (Å²) in [5.74, 6) is 0.207. The Morgan fingerprint density at radius 2 is 1.74 bits per heavy atom. The van der Waals surface area contributed by atoms with Crippen LogP contribution >= 0.6 is 0 Å².